The Labute approximate surface area is 432 Å². The number of methoxy groups -OCH3 is 1. The molecule has 1 aromatic carbocycles. The fourth-order valence-electron chi connectivity index (χ4n) is 11.3. The van der Waals surface area contributed by atoms with Crippen LogP contribution in [0.3, 0.4) is 0 Å². The highest BCUT2D eigenvalue weighted by Crippen LogP contribution is 2.40. The number of benzene rings is 1. The van der Waals surface area contributed by atoms with Crippen LogP contribution in [0.15, 0.2) is 30.5 Å². The Hall–Kier alpha value is -3.29. The Morgan fingerprint density at radius 1 is 0.959 bits per heavy atom. The Kier molecular flexibility index (Phi) is 21.7. The molecule has 2 aromatic rings. The molecule has 5 rings (SSSR count). The third-order valence-electron chi connectivity index (χ3n) is 15.9. The van der Waals surface area contributed by atoms with Crippen molar-refractivity contribution in [2.24, 2.45) is 23.5 Å². The lowest BCUT2D eigenvalue weighted by atomic mass is 9.77. The number of aliphatic hydroxyl groups is 5. The van der Waals surface area contributed by atoms with Gasteiger partial charge in [-0.15, -0.1) is 5.10 Å². The number of aromatic nitrogens is 3. The topological polar surface area (TPSA) is 280 Å². The normalized spacial score (nSPS) is 38.7. The summed E-state index contributed by atoms with van der Waals surface area (Å²) in [5, 5.41) is 80.2. The molecule has 0 amide bonds. The lowest BCUT2D eigenvalue weighted by Crippen LogP contribution is -2.61. The molecule has 0 aliphatic carbocycles. The van der Waals surface area contributed by atoms with Crippen LogP contribution >= 0.6 is 0 Å². The molecular weight excluding hydrogens is 947 g/mol. The molecule has 73 heavy (non-hydrogen) atoms. The maximum Gasteiger partial charge on any atom is 0.311 e. The minimum Gasteiger partial charge on any atom is -0.459 e. The van der Waals surface area contributed by atoms with Crippen molar-refractivity contribution in [2.75, 3.05) is 40.3 Å². The number of unbranched alkanes of at least 4 members (excludes halogenated alkanes) is 1. The van der Waals surface area contributed by atoms with E-state index in [2.05, 4.69) is 15.2 Å². The number of cyclic esters (lactones) is 1. The van der Waals surface area contributed by atoms with Crippen LogP contribution in [0.2, 0.25) is 0 Å². The van der Waals surface area contributed by atoms with Crippen LogP contribution in [0.4, 0.5) is 5.69 Å². The van der Waals surface area contributed by atoms with E-state index in [-0.39, 0.29) is 37.0 Å². The predicted molar refractivity (Wildman–Crippen MR) is 271 cm³/mol. The zero-order valence-corrected chi connectivity index (χ0v) is 45.4. The number of carbonyl (C=O) groups excluding carboxylic acids is 1. The Morgan fingerprint density at radius 2 is 1.64 bits per heavy atom. The molecule has 0 unspecified atom stereocenters. The van der Waals surface area contributed by atoms with Gasteiger partial charge in [-0.1, -0.05) is 38.1 Å². The number of non-ortho nitro benzene ring substituents is 1. The molecular formula is C52H89N7O14. The number of hydrogen-bond acceptors (Lipinski definition) is 19. The predicted octanol–water partition coefficient (Wildman–Crippen LogP) is 3.37. The van der Waals surface area contributed by atoms with E-state index in [0.717, 1.165) is 24.1 Å². The number of nitro benzene ring substituents is 1. The second-order valence-corrected chi connectivity index (χ2v) is 22.1. The number of hydrogen-bond donors (Lipinski definition) is 6. The van der Waals surface area contributed by atoms with Crippen LogP contribution in [0, 0.1) is 27.9 Å². The molecule has 21 nitrogen and oxygen atoms in total. The van der Waals surface area contributed by atoms with Gasteiger partial charge in [-0.25, -0.2) is 0 Å². The molecule has 4 heterocycles. The number of aryl methyl sites for hydroxylation is 2. The number of ether oxygens (including phenoxy) is 6. The van der Waals surface area contributed by atoms with Gasteiger partial charge in [0, 0.05) is 75.9 Å². The highest BCUT2D eigenvalue weighted by Gasteiger charge is 2.53. The van der Waals surface area contributed by atoms with Gasteiger partial charge in [0.1, 0.15) is 30.0 Å². The molecule has 0 saturated carbocycles. The van der Waals surface area contributed by atoms with Crippen LogP contribution in [0.1, 0.15) is 119 Å². The van der Waals surface area contributed by atoms with Crippen LogP contribution in [-0.4, -0.2) is 192 Å². The highest BCUT2D eigenvalue weighted by molar-refractivity contribution is 5.73. The number of aliphatic hydroxyl groups excluding tert-OH is 3. The summed E-state index contributed by atoms with van der Waals surface area (Å²) in [7, 11) is 3.41. The van der Waals surface area contributed by atoms with Gasteiger partial charge < -0.3 is 64.6 Å². The molecule has 416 valence electrons. The minimum absolute atomic E-state index is 0.0350. The quantitative estimate of drug-likeness (QED) is 0.0540. The second kappa shape index (κ2) is 26.2. The summed E-state index contributed by atoms with van der Waals surface area (Å²) in [5.74, 6) is -2.87. The molecule has 7 N–H and O–H groups in total. The molecule has 18 atom stereocenters. The van der Waals surface area contributed by atoms with Gasteiger partial charge in [0.2, 0.25) is 0 Å². The third-order valence-corrected chi connectivity index (χ3v) is 15.9. The van der Waals surface area contributed by atoms with Gasteiger partial charge in [-0.05, 0) is 119 Å². The van der Waals surface area contributed by atoms with Crippen LogP contribution < -0.4 is 5.73 Å². The lowest BCUT2D eigenvalue weighted by Gasteiger charge is -2.49. The SMILES string of the molecule is CC[C@H]1OC(=O)[C@H](C)[C@@H](O[C@H]2C[C@@](C)(OC)[C@@H](O)[C@H](C)O2)[C@H](C)[C@@H](O[C@@H]2O[C@H](C)C[C@H](N(C)CCc3cn(CCc4ccc([N+](=O)[O-])cc4)nn3)[C@H]2O)[C@](C)(O)C[C@@H](C)CN(CCCCN)[C@H](C)[C@@H](O)[C@]1(C)O. The van der Waals surface area contributed by atoms with Gasteiger partial charge in [-0.3, -0.25) is 24.5 Å². The van der Waals surface area contributed by atoms with E-state index in [4.69, 9.17) is 34.2 Å². The monoisotopic (exact) mass is 1040 g/mol. The third kappa shape index (κ3) is 15.2. The number of nitrogens with two attached hydrogens (primary N) is 1. The maximum absolute atomic E-state index is 14.6. The average Bonchev–Trinajstić information content (AvgIpc) is 3.81. The number of rotatable bonds is 18. The largest absolute Gasteiger partial charge is 0.459 e. The first kappa shape index (κ1) is 60.6. The summed E-state index contributed by atoms with van der Waals surface area (Å²) in [6, 6.07) is 5.39. The summed E-state index contributed by atoms with van der Waals surface area (Å²) in [6.07, 6.45) is -4.90. The van der Waals surface area contributed by atoms with E-state index >= 15 is 0 Å². The molecule has 0 bridgehead atoms. The minimum atomic E-state index is -1.87. The van der Waals surface area contributed by atoms with Crippen LogP contribution in [-0.2, 0) is 52.6 Å². The molecule has 21 heteroatoms. The molecule has 3 aliphatic rings. The Morgan fingerprint density at radius 3 is 2.27 bits per heavy atom. The van der Waals surface area contributed by atoms with E-state index in [1.165, 1.54) is 26.2 Å². The Balaban J connectivity index is 1.45. The smallest absolute Gasteiger partial charge is 0.311 e. The summed E-state index contributed by atoms with van der Waals surface area (Å²) in [5.41, 5.74) is 3.00. The summed E-state index contributed by atoms with van der Waals surface area (Å²) in [4.78, 5) is 29.4. The van der Waals surface area contributed by atoms with Gasteiger partial charge in [0.15, 0.2) is 12.6 Å². The second-order valence-electron chi connectivity index (χ2n) is 22.1. The zero-order valence-electron chi connectivity index (χ0n) is 45.4. The summed E-state index contributed by atoms with van der Waals surface area (Å²) in [6.45, 7) is 20.1. The molecule has 0 radical (unpaired) electrons. The van der Waals surface area contributed by atoms with Crippen molar-refractivity contribution in [1.29, 1.82) is 0 Å². The van der Waals surface area contributed by atoms with Crippen molar-refractivity contribution < 1.29 is 63.7 Å². The van der Waals surface area contributed by atoms with Crippen molar-refractivity contribution in [3.05, 3.63) is 51.8 Å². The standard InChI is InChI=1S/C52H89N7O14/c1-13-41-52(10,65)45(61)35(6)57(23-15-14-22-53)29-31(2)27-50(8,64)47(33(4)44(34(5)48(63)71-41)72-42-28-51(9,68-12)46(62)36(7)70-42)73-49-43(60)40(26-32(3)69-49)56(11)24-21-38-30-58(55-54-38)25-20-37-16-18-39(19-17-37)59(66)67/h16-19,30-36,40-47,49,60-62,64-65H,13-15,20-29,53H2,1-12H3/t31-,32-,33+,34-,35-,36+,40+,41-,42+,43-,44+,45-,46+,47-,49+,50-,51-,52-/m1/s1. The van der Waals surface area contributed by atoms with Crippen molar-refractivity contribution in [2.45, 2.75) is 217 Å². The summed E-state index contributed by atoms with van der Waals surface area (Å²) < 4.78 is 40.2. The summed E-state index contributed by atoms with van der Waals surface area (Å²) >= 11 is 0. The molecule has 1 aromatic heterocycles. The highest BCUT2D eigenvalue weighted by atomic mass is 16.7. The van der Waals surface area contributed by atoms with Gasteiger partial charge >= 0.3 is 5.97 Å². The Bertz CT molecular complexity index is 2030. The van der Waals surface area contributed by atoms with Crippen LogP contribution in [0.5, 0.6) is 0 Å². The van der Waals surface area contributed by atoms with Crippen molar-refractivity contribution in [3.63, 3.8) is 0 Å². The lowest BCUT2D eigenvalue weighted by molar-refractivity contribution is -0.384. The first-order valence-corrected chi connectivity index (χ1v) is 26.4. The van der Waals surface area contributed by atoms with Crippen molar-refractivity contribution >= 4 is 11.7 Å². The van der Waals surface area contributed by atoms with Crippen LogP contribution in [0.25, 0.3) is 0 Å². The molecule has 0 spiro atoms. The van der Waals surface area contributed by atoms with Gasteiger partial charge in [-0.2, -0.15) is 0 Å². The average molecular weight is 1040 g/mol. The van der Waals surface area contributed by atoms with E-state index in [1.807, 2.05) is 45.8 Å². The number of carbonyl (C=O) groups is 1. The number of likely N-dealkylation sites (N-methyl/N-ethyl adjacent to an activating group) is 1. The van der Waals surface area contributed by atoms with Crippen molar-refractivity contribution in [3.8, 4) is 0 Å². The molecule has 3 fully saturated rings. The van der Waals surface area contributed by atoms with E-state index in [1.54, 1.807) is 51.4 Å². The first-order valence-electron chi connectivity index (χ1n) is 26.4. The fraction of sp³-hybridized carbons (Fsp3) is 0.827. The van der Waals surface area contributed by atoms with E-state index < -0.39 is 107 Å². The van der Waals surface area contributed by atoms with E-state index in [9.17, 15) is 40.4 Å². The fourth-order valence-corrected chi connectivity index (χ4v) is 11.3. The number of nitrogens with zero attached hydrogens (tertiary/aromatic N) is 6. The molecule has 3 saturated heterocycles. The zero-order chi connectivity index (χ0) is 54.2. The maximum atomic E-state index is 14.6. The number of nitro groups is 1. The van der Waals surface area contributed by atoms with Crippen molar-refractivity contribution in [1.82, 2.24) is 24.8 Å². The van der Waals surface area contributed by atoms with E-state index in [0.29, 0.717) is 52.0 Å². The van der Waals surface area contributed by atoms with Gasteiger partial charge in [0.25, 0.3) is 5.69 Å². The molecule has 3 aliphatic heterocycles. The van der Waals surface area contributed by atoms with Gasteiger partial charge in [0.05, 0.1) is 52.2 Å². The number of esters is 1. The first-order chi connectivity index (χ1) is 34.3.